The summed E-state index contributed by atoms with van der Waals surface area (Å²) < 4.78 is 11.0. The minimum atomic E-state index is 0.442. The van der Waals surface area contributed by atoms with E-state index >= 15 is 0 Å². The number of anilines is 1. The van der Waals surface area contributed by atoms with Gasteiger partial charge < -0.3 is 14.4 Å². The van der Waals surface area contributed by atoms with Gasteiger partial charge >= 0.3 is 0 Å². The van der Waals surface area contributed by atoms with Crippen molar-refractivity contribution >= 4 is 11.7 Å². The maximum absolute atomic E-state index is 5.58. The fourth-order valence-electron chi connectivity index (χ4n) is 5.22. The Bertz CT molecular complexity index is 985. The first-order valence-corrected chi connectivity index (χ1v) is 11.5. The highest BCUT2D eigenvalue weighted by atomic mass is 16.5. The average molecular weight is 434 g/mol. The van der Waals surface area contributed by atoms with Crippen LogP contribution in [0.1, 0.15) is 31.2 Å². The number of benzene rings is 1. The predicted molar refractivity (Wildman–Crippen MR) is 125 cm³/mol. The number of allylic oxidation sites excluding steroid dienone is 2. The largest absolute Gasteiger partial charge is 0.493 e. The quantitative estimate of drug-likeness (QED) is 0.669. The third kappa shape index (κ3) is 4.04. The van der Waals surface area contributed by atoms with Crippen LogP contribution in [0, 0.1) is 11.8 Å². The van der Waals surface area contributed by atoms with Crippen molar-refractivity contribution < 1.29 is 9.47 Å². The smallest absolute Gasteiger partial charge is 0.225 e. The number of piperidine rings is 1. The van der Waals surface area contributed by atoms with E-state index in [1.165, 1.54) is 5.71 Å². The molecule has 2 atom stereocenters. The first kappa shape index (κ1) is 20.8. The molecule has 1 aromatic carbocycles. The van der Waals surface area contributed by atoms with Crippen LogP contribution in [-0.2, 0) is 0 Å². The maximum Gasteiger partial charge on any atom is 0.225 e. The van der Waals surface area contributed by atoms with E-state index in [4.69, 9.17) is 14.6 Å². The number of methoxy groups -OCH3 is 2. The van der Waals surface area contributed by atoms with Crippen LogP contribution in [0.25, 0.3) is 0 Å². The predicted octanol–water partition coefficient (Wildman–Crippen LogP) is 3.76. The van der Waals surface area contributed by atoms with Crippen LogP contribution in [0.5, 0.6) is 11.5 Å². The SMILES string of the molecule is COc1ccc(C2=NN(C3CCN(c4ncccn4)CC3)C[C@@H]3CC=CC[C@H]23)cc1OC. The van der Waals surface area contributed by atoms with E-state index in [2.05, 4.69) is 44.2 Å². The molecule has 1 saturated heterocycles. The van der Waals surface area contributed by atoms with Gasteiger partial charge in [0.25, 0.3) is 0 Å². The van der Waals surface area contributed by atoms with Crippen LogP contribution in [-0.4, -0.2) is 60.6 Å². The molecule has 32 heavy (non-hydrogen) atoms. The Hall–Kier alpha value is -3.09. The number of rotatable bonds is 5. The molecule has 0 N–H and O–H groups in total. The van der Waals surface area contributed by atoms with E-state index in [-0.39, 0.29) is 0 Å². The van der Waals surface area contributed by atoms with Gasteiger partial charge in [-0.3, -0.25) is 5.01 Å². The summed E-state index contributed by atoms with van der Waals surface area (Å²) in [7, 11) is 3.36. The zero-order valence-electron chi connectivity index (χ0n) is 18.9. The Morgan fingerprint density at radius 2 is 1.69 bits per heavy atom. The average Bonchev–Trinajstić information content (AvgIpc) is 2.88. The van der Waals surface area contributed by atoms with Crippen molar-refractivity contribution in [1.82, 2.24) is 15.0 Å². The van der Waals surface area contributed by atoms with Gasteiger partial charge in [0.15, 0.2) is 11.5 Å². The zero-order chi connectivity index (χ0) is 21.9. The Balaban J connectivity index is 1.39. The van der Waals surface area contributed by atoms with Gasteiger partial charge in [0.1, 0.15) is 0 Å². The van der Waals surface area contributed by atoms with Crippen LogP contribution in [0.4, 0.5) is 5.95 Å². The lowest BCUT2D eigenvalue weighted by Crippen LogP contribution is -2.49. The lowest BCUT2D eigenvalue weighted by atomic mass is 9.76. The second kappa shape index (κ2) is 9.18. The molecule has 0 spiro atoms. The van der Waals surface area contributed by atoms with Crippen LogP contribution in [0.3, 0.4) is 0 Å². The van der Waals surface area contributed by atoms with Gasteiger partial charge in [0, 0.05) is 43.5 Å². The molecule has 2 aromatic rings. The standard InChI is InChI=1S/C25H31N5O2/c1-31-22-9-8-18(16-23(22)32-2)24-21-7-4-3-6-19(21)17-30(28-24)20-10-14-29(15-11-20)25-26-12-5-13-27-25/h3-5,8-9,12-13,16,19-21H,6-7,10-11,14-15,17H2,1-2H3/t19-,21-/m0/s1. The van der Waals surface area contributed by atoms with E-state index in [9.17, 15) is 0 Å². The Kier molecular flexibility index (Phi) is 5.97. The minimum absolute atomic E-state index is 0.442. The number of nitrogens with zero attached hydrogens (tertiary/aromatic N) is 5. The lowest BCUT2D eigenvalue weighted by Gasteiger charge is -2.44. The van der Waals surface area contributed by atoms with Crippen LogP contribution >= 0.6 is 0 Å². The molecular formula is C25H31N5O2. The van der Waals surface area contributed by atoms with Crippen molar-refractivity contribution in [2.45, 2.75) is 31.7 Å². The van der Waals surface area contributed by atoms with Gasteiger partial charge in [0.2, 0.25) is 5.95 Å². The molecule has 7 nitrogen and oxygen atoms in total. The summed E-state index contributed by atoms with van der Waals surface area (Å²) in [6.45, 7) is 2.94. The molecule has 0 bridgehead atoms. The molecule has 2 aliphatic heterocycles. The normalized spacial score (nSPS) is 23.5. The van der Waals surface area contributed by atoms with E-state index in [1.807, 2.05) is 24.5 Å². The monoisotopic (exact) mass is 433 g/mol. The van der Waals surface area contributed by atoms with Crippen molar-refractivity contribution in [3.8, 4) is 11.5 Å². The maximum atomic E-state index is 5.58. The van der Waals surface area contributed by atoms with Crippen LogP contribution in [0.2, 0.25) is 0 Å². The highest BCUT2D eigenvalue weighted by molar-refractivity contribution is 6.03. The number of hydrogen-bond donors (Lipinski definition) is 0. The fraction of sp³-hybridized carbons (Fsp3) is 0.480. The second-order valence-corrected chi connectivity index (χ2v) is 8.75. The Morgan fingerprint density at radius 1 is 0.938 bits per heavy atom. The van der Waals surface area contributed by atoms with Gasteiger partial charge in [-0.25, -0.2) is 9.97 Å². The number of fused-ring (bicyclic) bond motifs is 1. The molecule has 168 valence electrons. The molecular weight excluding hydrogens is 402 g/mol. The molecule has 5 rings (SSSR count). The van der Waals surface area contributed by atoms with Crippen LogP contribution in [0.15, 0.2) is 53.9 Å². The highest BCUT2D eigenvalue weighted by Gasteiger charge is 2.37. The summed E-state index contributed by atoms with van der Waals surface area (Å²) in [5, 5.41) is 7.63. The van der Waals surface area contributed by atoms with Gasteiger partial charge in [0.05, 0.1) is 26.0 Å². The summed E-state index contributed by atoms with van der Waals surface area (Å²) in [5.74, 6) is 3.38. The van der Waals surface area contributed by atoms with E-state index in [0.717, 1.165) is 68.3 Å². The van der Waals surface area contributed by atoms with E-state index < -0.39 is 0 Å². The molecule has 0 amide bonds. The molecule has 3 aliphatic rings. The number of hydrazone groups is 1. The van der Waals surface area contributed by atoms with Crippen molar-refractivity contribution in [3.05, 3.63) is 54.4 Å². The van der Waals surface area contributed by atoms with Crippen molar-refractivity contribution in [1.29, 1.82) is 0 Å². The highest BCUT2D eigenvalue weighted by Crippen LogP contribution is 2.37. The second-order valence-electron chi connectivity index (χ2n) is 8.75. The Labute approximate surface area is 189 Å². The first-order chi connectivity index (χ1) is 15.8. The molecule has 0 radical (unpaired) electrons. The zero-order valence-corrected chi connectivity index (χ0v) is 18.9. The molecule has 1 aliphatic carbocycles. The summed E-state index contributed by atoms with van der Waals surface area (Å²) in [4.78, 5) is 11.1. The summed E-state index contributed by atoms with van der Waals surface area (Å²) >= 11 is 0. The number of ether oxygens (including phenoxy) is 2. The molecule has 1 fully saturated rings. The summed E-state index contributed by atoms with van der Waals surface area (Å²) in [6, 6.07) is 8.49. The molecule has 0 saturated carbocycles. The molecule has 1 aromatic heterocycles. The third-order valence-electron chi connectivity index (χ3n) is 6.97. The van der Waals surface area contributed by atoms with E-state index in [0.29, 0.717) is 17.9 Å². The Morgan fingerprint density at radius 3 is 2.44 bits per heavy atom. The summed E-state index contributed by atoms with van der Waals surface area (Å²) in [5.41, 5.74) is 2.31. The topological polar surface area (TPSA) is 63.1 Å². The van der Waals surface area contributed by atoms with Crippen molar-refractivity contribution in [2.75, 3.05) is 38.8 Å². The van der Waals surface area contributed by atoms with Crippen LogP contribution < -0.4 is 14.4 Å². The molecule has 3 heterocycles. The van der Waals surface area contributed by atoms with Crippen molar-refractivity contribution in [2.24, 2.45) is 16.9 Å². The number of hydrogen-bond acceptors (Lipinski definition) is 7. The van der Waals surface area contributed by atoms with Gasteiger partial charge in [-0.1, -0.05) is 12.2 Å². The lowest BCUT2D eigenvalue weighted by molar-refractivity contribution is 0.121. The molecule has 0 unspecified atom stereocenters. The molecule has 7 heteroatoms. The van der Waals surface area contributed by atoms with Gasteiger partial charge in [-0.2, -0.15) is 5.10 Å². The fourth-order valence-corrected chi connectivity index (χ4v) is 5.22. The third-order valence-corrected chi connectivity index (χ3v) is 6.97. The number of aromatic nitrogens is 2. The van der Waals surface area contributed by atoms with Crippen molar-refractivity contribution in [3.63, 3.8) is 0 Å². The van der Waals surface area contributed by atoms with Gasteiger partial charge in [-0.15, -0.1) is 0 Å². The van der Waals surface area contributed by atoms with Gasteiger partial charge in [-0.05, 0) is 55.9 Å². The van der Waals surface area contributed by atoms with E-state index in [1.54, 1.807) is 14.2 Å². The minimum Gasteiger partial charge on any atom is -0.493 e. The first-order valence-electron chi connectivity index (χ1n) is 11.5. The summed E-state index contributed by atoms with van der Waals surface area (Å²) in [6.07, 6.45) is 12.6.